The van der Waals surface area contributed by atoms with Crippen LogP contribution in [0.5, 0.6) is 11.6 Å². The molecule has 0 aliphatic carbocycles. The van der Waals surface area contributed by atoms with E-state index in [0.717, 1.165) is 24.9 Å². The molecule has 0 saturated heterocycles. The number of ether oxygens (including phenoxy) is 2. The van der Waals surface area contributed by atoms with Gasteiger partial charge in [-0.1, -0.05) is 0 Å². The minimum Gasteiger partial charge on any atom is -0.465 e. The fourth-order valence-electron chi connectivity index (χ4n) is 2.29. The second-order valence-electron chi connectivity index (χ2n) is 4.56. The summed E-state index contributed by atoms with van der Waals surface area (Å²) in [4.78, 5) is 4.31. The van der Waals surface area contributed by atoms with Gasteiger partial charge in [-0.3, -0.25) is 5.41 Å². The van der Waals surface area contributed by atoms with Crippen molar-refractivity contribution < 1.29 is 9.47 Å². The second kappa shape index (κ2) is 5.80. The lowest BCUT2D eigenvalue weighted by molar-refractivity contribution is 0.273. The Hall–Kier alpha value is -1.35. The third kappa shape index (κ3) is 2.98. The van der Waals surface area contributed by atoms with Gasteiger partial charge < -0.3 is 15.2 Å². The lowest BCUT2D eigenvalue weighted by Gasteiger charge is -2.27. The predicted octanol–water partition coefficient (Wildman–Crippen LogP) is 3.60. The first-order valence-corrected chi connectivity index (χ1v) is 8.01. The molecule has 21 heavy (non-hydrogen) atoms. The largest absolute Gasteiger partial charge is 0.465 e. The van der Waals surface area contributed by atoms with Crippen LogP contribution < -0.4 is 10.5 Å². The van der Waals surface area contributed by atoms with Crippen LogP contribution in [0.15, 0.2) is 34.9 Å². The van der Waals surface area contributed by atoms with E-state index in [1.165, 1.54) is 0 Å². The molecule has 108 valence electrons. The molecule has 1 aromatic carbocycles. The number of rotatable bonds is 2. The summed E-state index contributed by atoms with van der Waals surface area (Å²) in [6.07, 6.45) is 1.69. The Kier molecular flexibility index (Phi) is 4.03. The molecule has 5 nitrogen and oxygen atoms in total. The summed E-state index contributed by atoms with van der Waals surface area (Å²) in [6.45, 7) is 0.275. The zero-order valence-corrected chi connectivity index (χ0v) is 14.5. The number of pyridine rings is 1. The van der Waals surface area contributed by atoms with Gasteiger partial charge in [-0.15, -0.1) is 0 Å². The Balaban J connectivity index is 2.09. The van der Waals surface area contributed by atoms with E-state index in [4.69, 9.17) is 20.6 Å². The smallest absolute Gasteiger partial charge is 0.279 e. The van der Waals surface area contributed by atoms with Gasteiger partial charge in [0.05, 0.1) is 5.92 Å². The van der Waals surface area contributed by atoms with Crippen molar-refractivity contribution in [1.29, 1.82) is 5.41 Å². The summed E-state index contributed by atoms with van der Waals surface area (Å²) in [7, 11) is 0. The molecule has 0 amide bonds. The zero-order chi connectivity index (χ0) is 15.0. The maximum atomic E-state index is 7.26. The van der Waals surface area contributed by atoms with Gasteiger partial charge in [0.2, 0.25) is 5.88 Å². The van der Waals surface area contributed by atoms with Gasteiger partial charge in [0.1, 0.15) is 12.4 Å². The van der Waals surface area contributed by atoms with Gasteiger partial charge in [-0.2, -0.15) is 0 Å². The number of nitrogens with one attached hydrogen (secondary N) is 1. The molecule has 2 aromatic rings. The van der Waals surface area contributed by atoms with Crippen LogP contribution in [0.3, 0.4) is 0 Å². The number of benzene rings is 1. The summed E-state index contributed by atoms with van der Waals surface area (Å²) >= 11 is 5.68. The first-order valence-electron chi connectivity index (χ1n) is 6.14. The first-order chi connectivity index (χ1) is 10.0. The molecular weight excluding hydrogens is 449 g/mol. The van der Waals surface area contributed by atoms with Crippen LogP contribution in [0, 0.1) is 8.98 Å². The van der Waals surface area contributed by atoms with E-state index in [1.54, 1.807) is 6.20 Å². The molecular formula is C14H11BrIN3O2. The Labute approximate surface area is 143 Å². The fourth-order valence-corrected chi connectivity index (χ4v) is 3.15. The maximum Gasteiger partial charge on any atom is 0.279 e. The summed E-state index contributed by atoms with van der Waals surface area (Å²) in [6, 6.07) is 7.61. The van der Waals surface area contributed by atoms with Crippen molar-refractivity contribution in [1.82, 2.24) is 4.98 Å². The highest BCUT2D eigenvalue weighted by Crippen LogP contribution is 2.44. The van der Waals surface area contributed by atoms with Crippen LogP contribution >= 0.6 is 38.5 Å². The molecule has 0 unspecified atom stereocenters. The average molecular weight is 460 g/mol. The molecule has 0 spiro atoms. The fraction of sp³-hybridized carbons (Fsp3) is 0.143. The highest BCUT2D eigenvalue weighted by atomic mass is 127. The lowest BCUT2D eigenvalue weighted by atomic mass is 9.90. The van der Waals surface area contributed by atoms with Gasteiger partial charge in [0.25, 0.3) is 6.02 Å². The quantitative estimate of drug-likeness (QED) is 0.408. The third-order valence-electron chi connectivity index (χ3n) is 3.18. The normalized spacial score (nSPS) is 15.6. The number of aromatic nitrogens is 1. The highest BCUT2D eigenvalue weighted by Gasteiger charge is 2.29. The van der Waals surface area contributed by atoms with Crippen molar-refractivity contribution in [2.75, 3.05) is 6.61 Å². The number of nitrogens with two attached hydrogens (primary N) is 1. The molecule has 3 rings (SSSR count). The molecule has 0 radical (unpaired) electrons. The van der Waals surface area contributed by atoms with Crippen molar-refractivity contribution in [3.63, 3.8) is 0 Å². The molecule has 0 saturated carbocycles. The number of fused-ring (bicyclic) bond motifs is 2. The van der Waals surface area contributed by atoms with Crippen LogP contribution in [0.2, 0.25) is 0 Å². The number of amidine groups is 1. The minimum atomic E-state index is -0.293. The topological polar surface area (TPSA) is 81.2 Å². The maximum absolute atomic E-state index is 7.26. The van der Waals surface area contributed by atoms with E-state index in [2.05, 4.69) is 43.5 Å². The van der Waals surface area contributed by atoms with Crippen molar-refractivity contribution in [2.45, 2.75) is 5.92 Å². The summed E-state index contributed by atoms with van der Waals surface area (Å²) in [5.74, 6) is 1.24. The Morgan fingerprint density at radius 3 is 3.00 bits per heavy atom. The monoisotopic (exact) mass is 459 g/mol. The first kappa shape index (κ1) is 14.6. The summed E-state index contributed by atoms with van der Waals surface area (Å²) in [5, 5.41) is 7.26. The van der Waals surface area contributed by atoms with E-state index < -0.39 is 0 Å². The van der Waals surface area contributed by atoms with Crippen molar-refractivity contribution >= 4 is 44.5 Å². The number of hydrogen-bond donors (Lipinski definition) is 2. The molecule has 2 heterocycles. The number of hydrogen-bond acceptors (Lipinski definition) is 4. The third-order valence-corrected chi connectivity index (χ3v) is 4.28. The SMILES string of the molecule is N=C(N)OC[C@@H]1c2cc(I)ccc2Oc2ncc(Br)cc21. The summed E-state index contributed by atoms with van der Waals surface area (Å²) < 4.78 is 13.1. The minimum absolute atomic E-state index is 0.0765. The summed E-state index contributed by atoms with van der Waals surface area (Å²) in [5.41, 5.74) is 7.24. The van der Waals surface area contributed by atoms with E-state index in [0.29, 0.717) is 5.88 Å². The number of nitrogens with zero attached hydrogens (tertiary/aromatic N) is 1. The van der Waals surface area contributed by atoms with Gasteiger partial charge in [0, 0.05) is 25.4 Å². The molecule has 0 bridgehead atoms. The Bertz CT molecular complexity index is 672. The molecule has 0 fully saturated rings. The van der Waals surface area contributed by atoms with E-state index >= 15 is 0 Å². The second-order valence-corrected chi connectivity index (χ2v) is 6.72. The molecule has 1 aliphatic rings. The van der Waals surface area contributed by atoms with E-state index in [-0.39, 0.29) is 18.5 Å². The molecule has 3 N–H and O–H groups in total. The molecule has 7 heteroatoms. The zero-order valence-electron chi connectivity index (χ0n) is 10.8. The Morgan fingerprint density at radius 2 is 2.24 bits per heavy atom. The standard InChI is InChI=1S/C14H11BrIN3O2/c15-7-3-10-11(6-20-14(17)18)9-4-8(16)1-2-12(9)21-13(10)19-5-7/h1-5,11H,6H2,(H3,17,18)/t11-/m1/s1. The van der Waals surface area contributed by atoms with Crippen LogP contribution in [-0.4, -0.2) is 17.6 Å². The van der Waals surface area contributed by atoms with E-state index in [9.17, 15) is 0 Å². The van der Waals surface area contributed by atoms with Crippen molar-refractivity contribution in [2.24, 2.45) is 5.73 Å². The van der Waals surface area contributed by atoms with E-state index in [1.807, 2.05) is 24.3 Å². The predicted molar refractivity (Wildman–Crippen MR) is 90.9 cm³/mol. The molecule has 1 atom stereocenters. The van der Waals surface area contributed by atoms with Gasteiger partial charge in [-0.05, 0) is 62.8 Å². The number of halogens is 2. The Morgan fingerprint density at radius 1 is 1.43 bits per heavy atom. The van der Waals surface area contributed by atoms with Crippen LogP contribution in [0.25, 0.3) is 0 Å². The van der Waals surface area contributed by atoms with Crippen LogP contribution in [-0.2, 0) is 4.74 Å². The average Bonchev–Trinajstić information content (AvgIpc) is 2.44. The van der Waals surface area contributed by atoms with Crippen molar-refractivity contribution in [3.8, 4) is 11.6 Å². The molecule has 1 aromatic heterocycles. The highest BCUT2D eigenvalue weighted by molar-refractivity contribution is 14.1. The van der Waals surface area contributed by atoms with Crippen molar-refractivity contribution in [3.05, 3.63) is 49.6 Å². The van der Waals surface area contributed by atoms with Crippen LogP contribution in [0.4, 0.5) is 0 Å². The van der Waals surface area contributed by atoms with Gasteiger partial charge in [0.15, 0.2) is 0 Å². The van der Waals surface area contributed by atoms with Gasteiger partial charge >= 0.3 is 0 Å². The molecule has 1 aliphatic heterocycles. The van der Waals surface area contributed by atoms with Crippen LogP contribution in [0.1, 0.15) is 17.0 Å². The van der Waals surface area contributed by atoms with Gasteiger partial charge in [-0.25, -0.2) is 4.98 Å². The lowest BCUT2D eigenvalue weighted by Crippen LogP contribution is -2.22.